The maximum Gasteiger partial charge on any atom is 0.416 e. The van der Waals surface area contributed by atoms with Gasteiger partial charge in [-0.05, 0) is 61.6 Å². The van der Waals surface area contributed by atoms with Crippen LogP contribution in [0.15, 0.2) is 91.0 Å². The highest BCUT2D eigenvalue weighted by Gasteiger charge is 2.41. The van der Waals surface area contributed by atoms with E-state index < -0.39 is 11.7 Å². The lowest BCUT2D eigenvalue weighted by Gasteiger charge is -2.28. The van der Waals surface area contributed by atoms with Gasteiger partial charge in [0.1, 0.15) is 41.0 Å². The molecule has 0 saturated carbocycles. The zero-order valence-electron chi connectivity index (χ0n) is 24.6. The Labute approximate surface area is 261 Å². The number of rotatable bonds is 8. The van der Waals surface area contributed by atoms with Crippen molar-refractivity contribution in [1.29, 1.82) is 0 Å². The van der Waals surface area contributed by atoms with E-state index in [-0.39, 0.29) is 30.5 Å². The van der Waals surface area contributed by atoms with Gasteiger partial charge in [-0.2, -0.15) is 13.2 Å². The molecule has 4 aromatic rings. The van der Waals surface area contributed by atoms with Crippen LogP contribution in [0.25, 0.3) is 0 Å². The molecule has 3 atom stereocenters. The zero-order valence-corrected chi connectivity index (χ0v) is 25.4. The first kappa shape index (κ1) is 32.8. The van der Waals surface area contributed by atoms with Crippen LogP contribution in [-0.4, -0.2) is 34.4 Å². The first-order valence-corrected chi connectivity index (χ1v) is 14.0. The Kier molecular flexibility index (Phi) is 10.9. The van der Waals surface area contributed by atoms with E-state index in [2.05, 4.69) is 11.4 Å². The summed E-state index contributed by atoms with van der Waals surface area (Å²) in [4.78, 5) is 0. The third kappa shape index (κ3) is 7.52. The normalized spacial score (nSPS) is 16.7. The van der Waals surface area contributed by atoms with Gasteiger partial charge >= 0.3 is 6.18 Å². The molecule has 10 heteroatoms. The number of benzene rings is 4. The molecule has 0 bridgehead atoms. The van der Waals surface area contributed by atoms with E-state index in [1.807, 2.05) is 67.7 Å². The lowest BCUT2D eigenvalue weighted by molar-refractivity contribution is -0.137. The van der Waals surface area contributed by atoms with Gasteiger partial charge in [-0.1, -0.05) is 36.4 Å². The van der Waals surface area contributed by atoms with E-state index in [0.717, 1.165) is 59.2 Å². The van der Waals surface area contributed by atoms with E-state index in [0.29, 0.717) is 12.4 Å². The molecule has 0 amide bonds. The molecule has 4 aromatic carbocycles. The van der Waals surface area contributed by atoms with Gasteiger partial charge in [0.05, 0.1) is 32.3 Å². The van der Waals surface area contributed by atoms with Gasteiger partial charge in [-0.3, -0.25) is 0 Å². The van der Waals surface area contributed by atoms with Gasteiger partial charge in [0.15, 0.2) is 0 Å². The molecule has 0 aromatic heterocycles. The van der Waals surface area contributed by atoms with Gasteiger partial charge in [-0.25, -0.2) is 0 Å². The Balaban J connectivity index is 0.000000196. The molecule has 0 radical (unpaired) electrons. The number of nitrogens with one attached hydrogen (secondary N) is 1. The van der Waals surface area contributed by atoms with Crippen LogP contribution in [0.5, 0.6) is 28.7 Å². The Morgan fingerprint density at radius 3 is 2.05 bits per heavy atom. The topological polar surface area (TPSA) is 58.2 Å². The molecule has 2 heterocycles. The van der Waals surface area contributed by atoms with Gasteiger partial charge < -0.3 is 29.0 Å². The number of fused-ring (bicyclic) bond motifs is 5. The molecule has 0 saturated heterocycles. The molecule has 44 heavy (non-hydrogen) atoms. The number of alkyl halides is 3. The van der Waals surface area contributed by atoms with Crippen molar-refractivity contribution < 1.29 is 36.9 Å². The summed E-state index contributed by atoms with van der Waals surface area (Å²) < 4.78 is 66.1. The summed E-state index contributed by atoms with van der Waals surface area (Å²) in [6.07, 6.45) is -3.81. The molecule has 2 aliphatic rings. The second-order valence-corrected chi connectivity index (χ2v) is 10.2. The molecule has 0 fully saturated rings. The van der Waals surface area contributed by atoms with Crippen molar-refractivity contribution in [3.63, 3.8) is 0 Å². The van der Waals surface area contributed by atoms with E-state index in [9.17, 15) is 13.2 Å². The first-order valence-electron chi connectivity index (χ1n) is 14.0. The lowest BCUT2D eigenvalue weighted by atomic mass is 9.89. The van der Waals surface area contributed by atoms with Crippen LogP contribution >= 0.6 is 12.4 Å². The fourth-order valence-corrected chi connectivity index (χ4v) is 5.19. The van der Waals surface area contributed by atoms with Crippen molar-refractivity contribution >= 4 is 12.4 Å². The Morgan fingerprint density at radius 1 is 0.818 bits per heavy atom. The molecule has 2 aliphatic heterocycles. The number of halogens is 4. The predicted octanol–water partition coefficient (Wildman–Crippen LogP) is 8.17. The Bertz CT molecular complexity index is 1500. The van der Waals surface area contributed by atoms with Crippen LogP contribution in [0.3, 0.4) is 0 Å². The summed E-state index contributed by atoms with van der Waals surface area (Å²) in [6.45, 7) is 1.37. The zero-order chi connectivity index (χ0) is 30.4. The molecule has 234 valence electrons. The lowest BCUT2D eigenvalue weighted by Crippen LogP contribution is -2.23. The third-order valence-corrected chi connectivity index (χ3v) is 7.47. The number of hydrogen-bond acceptors (Lipinski definition) is 6. The highest BCUT2D eigenvalue weighted by atomic mass is 35.5. The molecule has 6 nitrogen and oxygen atoms in total. The SMILES string of the molecule is CNCCC(Oc1ccc(C(F)(F)F)cc1)c1ccccc1.COc1ccc2c(c1)OC1c3ccc(OC)cc3OCC21.Cl. The maximum atomic E-state index is 12.6. The van der Waals surface area contributed by atoms with Gasteiger partial charge in [0.2, 0.25) is 0 Å². The van der Waals surface area contributed by atoms with Crippen molar-refractivity contribution in [3.05, 3.63) is 113 Å². The number of methoxy groups -OCH3 is 2. The van der Waals surface area contributed by atoms with E-state index in [4.69, 9.17) is 23.7 Å². The summed E-state index contributed by atoms with van der Waals surface area (Å²) in [6, 6.07) is 26.3. The van der Waals surface area contributed by atoms with Gasteiger partial charge in [-0.15, -0.1) is 12.4 Å². The summed E-state index contributed by atoms with van der Waals surface area (Å²) >= 11 is 0. The molecule has 6 rings (SSSR count). The van der Waals surface area contributed by atoms with Crippen molar-refractivity contribution in [2.45, 2.75) is 30.7 Å². The Hall–Kier alpha value is -4.08. The highest BCUT2D eigenvalue weighted by molar-refractivity contribution is 5.85. The first-order chi connectivity index (χ1) is 20.8. The van der Waals surface area contributed by atoms with Crippen LogP contribution in [0.2, 0.25) is 0 Å². The summed E-state index contributed by atoms with van der Waals surface area (Å²) in [5, 5.41) is 3.05. The number of hydrogen-bond donors (Lipinski definition) is 1. The van der Waals surface area contributed by atoms with Crippen molar-refractivity contribution in [3.8, 4) is 28.7 Å². The average molecular weight is 630 g/mol. The third-order valence-electron chi connectivity index (χ3n) is 7.47. The summed E-state index contributed by atoms with van der Waals surface area (Å²) in [5.41, 5.74) is 2.58. The fraction of sp³-hybridized carbons (Fsp3) is 0.294. The minimum Gasteiger partial charge on any atom is -0.497 e. The largest absolute Gasteiger partial charge is 0.497 e. The summed E-state index contributed by atoms with van der Waals surface area (Å²) in [7, 11) is 5.16. The minimum absolute atomic E-state index is 0. The van der Waals surface area contributed by atoms with Crippen molar-refractivity contribution in [2.75, 3.05) is 34.4 Å². The van der Waals surface area contributed by atoms with Crippen LogP contribution in [-0.2, 0) is 6.18 Å². The van der Waals surface area contributed by atoms with Gasteiger partial charge in [0.25, 0.3) is 0 Å². The molecular formula is C34H35ClF3NO5. The predicted molar refractivity (Wildman–Crippen MR) is 165 cm³/mol. The molecule has 0 spiro atoms. The van der Waals surface area contributed by atoms with E-state index >= 15 is 0 Å². The number of ether oxygens (including phenoxy) is 5. The maximum absolute atomic E-state index is 12.6. The second kappa shape index (κ2) is 14.6. The van der Waals surface area contributed by atoms with Crippen LogP contribution in [0.1, 0.15) is 46.8 Å². The van der Waals surface area contributed by atoms with Crippen LogP contribution in [0, 0.1) is 0 Å². The molecule has 1 N–H and O–H groups in total. The standard InChI is InChI=1S/C17H18F3NO.C17H16O4.ClH/c1-21-12-11-16(13-5-3-2-4-6-13)22-15-9-7-14(8-10-15)17(18,19)20;1-18-10-4-6-13-15(7-10)20-9-14-12-5-3-11(19-2)8-16(12)21-17(13)14;/h2-10,16,21H,11-12H2,1H3;3-8,14,17H,9H2,1-2H3;1H. The quantitative estimate of drug-likeness (QED) is 0.212. The second-order valence-electron chi connectivity index (χ2n) is 10.2. The average Bonchev–Trinajstić information content (AvgIpc) is 3.41. The highest BCUT2D eigenvalue weighted by Crippen LogP contribution is 2.52. The van der Waals surface area contributed by atoms with Crippen molar-refractivity contribution in [1.82, 2.24) is 5.32 Å². The minimum atomic E-state index is -4.33. The van der Waals surface area contributed by atoms with Crippen molar-refractivity contribution in [2.24, 2.45) is 0 Å². The molecule has 3 unspecified atom stereocenters. The van der Waals surface area contributed by atoms with E-state index in [1.165, 1.54) is 17.7 Å². The van der Waals surface area contributed by atoms with Crippen LogP contribution < -0.4 is 29.0 Å². The molecule has 0 aliphatic carbocycles. The molecular weight excluding hydrogens is 595 g/mol. The monoisotopic (exact) mass is 629 g/mol. The fourth-order valence-electron chi connectivity index (χ4n) is 5.19. The van der Waals surface area contributed by atoms with Gasteiger partial charge in [0, 0.05) is 29.7 Å². The Morgan fingerprint density at radius 2 is 1.43 bits per heavy atom. The van der Waals surface area contributed by atoms with Crippen LogP contribution in [0.4, 0.5) is 13.2 Å². The summed E-state index contributed by atoms with van der Waals surface area (Å²) in [5.74, 6) is 3.99. The van der Waals surface area contributed by atoms with E-state index in [1.54, 1.807) is 14.2 Å². The smallest absolute Gasteiger partial charge is 0.416 e.